The van der Waals surface area contributed by atoms with Crippen LogP contribution in [0, 0.1) is 0 Å². The number of halogens is 1. The van der Waals surface area contributed by atoms with Crippen molar-refractivity contribution in [2.45, 2.75) is 57.1 Å². The molecule has 136 valence electrons. The third-order valence-electron chi connectivity index (χ3n) is 4.97. The Morgan fingerprint density at radius 2 is 1.88 bits per heavy atom. The van der Waals surface area contributed by atoms with E-state index in [9.17, 15) is 4.79 Å². The molecule has 2 rings (SSSR count). The van der Waals surface area contributed by atoms with E-state index in [-0.39, 0.29) is 29.8 Å². The molecule has 24 heavy (non-hydrogen) atoms. The van der Waals surface area contributed by atoms with Crippen LogP contribution in [0.3, 0.4) is 0 Å². The average Bonchev–Trinajstić information content (AvgIpc) is 2.55. The van der Waals surface area contributed by atoms with E-state index in [4.69, 9.17) is 4.74 Å². The van der Waals surface area contributed by atoms with Gasteiger partial charge < -0.3 is 15.4 Å². The molecule has 1 saturated heterocycles. The van der Waals surface area contributed by atoms with Gasteiger partial charge in [0.25, 0.3) is 5.91 Å². The average molecular weight is 355 g/mol. The van der Waals surface area contributed by atoms with Crippen molar-refractivity contribution in [3.63, 3.8) is 0 Å². The van der Waals surface area contributed by atoms with Gasteiger partial charge in [0, 0.05) is 13.2 Å². The number of carbonyl (C=O) groups is 1. The maximum atomic E-state index is 12.7. The maximum Gasteiger partial charge on any atom is 0.252 e. The number of carbonyl (C=O) groups excluding carboxylic acids is 1. The Labute approximate surface area is 152 Å². The van der Waals surface area contributed by atoms with Crippen molar-refractivity contribution in [2.24, 2.45) is 0 Å². The van der Waals surface area contributed by atoms with Crippen LogP contribution in [0.2, 0.25) is 0 Å². The Morgan fingerprint density at radius 3 is 2.42 bits per heavy atom. The van der Waals surface area contributed by atoms with Crippen LogP contribution in [-0.2, 0) is 14.9 Å². The van der Waals surface area contributed by atoms with Crippen molar-refractivity contribution < 1.29 is 9.53 Å². The molecule has 0 aromatic heterocycles. The van der Waals surface area contributed by atoms with E-state index in [1.54, 1.807) is 7.11 Å². The summed E-state index contributed by atoms with van der Waals surface area (Å²) in [5.41, 5.74) is 0.642. The van der Waals surface area contributed by atoms with Crippen LogP contribution < -0.4 is 10.6 Å². The topological polar surface area (TPSA) is 50.4 Å². The van der Waals surface area contributed by atoms with Crippen molar-refractivity contribution in [3.05, 3.63) is 35.9 Å². The van der Waals surface area contributed by atoms with Gasteiger partial charge in [-0.25, -0.2) is 0 Å². The van der Waals surface area contributed by atoms with Crippen LogP contribution in [-0.4, -0.2) is 37.7 Å². The molecule has 1 amide bonds. The van der Waals surface area contributed by atoms with Gasteiger partial charge in [-0.1, -0.05) is 44.2 Å². The smallest absolute Gasteiger partial charge is 0.252 e. The molecular weight excluding hydrogens is 324 g/mol. The van der Waals surface area contributed by atoms with Crippen LogP contribution in [0.1, 0.15) is 45.6 Å². The maximum absolute atomic E-state index is 12.7. The van der Waals surface area contributed by atoms with E-state index in [2.05, 4.69) is 55.7 Å². The van der Waals surface area contributed by atoms with Crippen LogP contribution in [0.15, 0.2) is 30.3 Å². The monoisotopic (exact) mass is 354 g/mol. The second kappa shape index (κ2) is 8.84. The molecule has 1 aromatic carbocycles. The van der Waals surface area contributed by atoms with Gasteiger partial charge in [-0.05, 0) is 50.3 Å². The first-order valence-corrected chi connectivity index (χ1v) is 8.52. The molecule has 1 heterocycles. The van der Waals surface area contributed by atoms with Crippen LogP contribution in [0.25, 0.3) is 0 Å². The Kier molecular flexibility index (Phi) is 7.71. The molecule has 0 spiro atoms. The number of methoxy groups -OCH3 is 1. The highest BCUT2D eigenvalue weighted by Crippen LogP contribution is 2.29. The largest absolute Gasteiger partial charge is 0.368 e. The number of amides is 1. The Bertz CT molecular complexity index is 513. The summed E-state index contributed by atoms with van der Waals surface area (Å²) in [4.78, 5) is 12.7. The first kappa shape index (κ1) is 20.9. The molecule has 1 aliphatic heterocycles. The van der Waals surface area contributed by atoms with E-state index < -0.39 is 5.60 Å². The lowest BCUT2D eigenvalue weighted by molar-refractivity contribution is -0.147. The number of nitrogens with one attached hydrogen (secondary N) is 2. The molecule has 1 unspecified atom stereocenters. The van der Waals surface area contributed by atoms with Gasteiger partial charge in [0.15, 0.2) is 0 Å². The number of hydrogen-bond acceptors (Lipinski definition) is 3. The third-order valence-corrected chi connectivity index (χ3v) is 4.97. The second-order valence-corrected chi connectivity index (χ2v) is 7.28. The first-order valence-electron chi connectivity index (χ1n) is 8.52. The van der Waals surface area contributed by atoms with E-state index in [0.29, 0.717) is 0 Å². The number of ether oxygens (including phenoxy) is 1. The predicted molar refractivity (Wildman–Crippen MR) is 101 cm³/mol. The van der Waals surface area contributed by atoms with Crippen molar-refractivity contribution in [1.82, 2.24) is 10.6 Å². The fourth-order valence-electron chi connectivity index (χ4n) is 3.53. The van der Waals surface area contributed by atoms with Gasteiger partial charge in [0.1, 0.15) is 5.60 Å². The van der Waals surface area contributed by atoms with Crippen molar-refractivity contribution in [2.75, 3.05) is 20.2 Å². The summed E-state index contributed by atoms with van der Waals surface area (Å²) in [5, 5.41) is 6.46. The molecule has 5 heteroatoms. The minimum Gasteiger partial charge on any atom is -0.368 e. The molecule has 1 atom stereocenters. The molecule has 4 nitrogen and oxygen atoms in total. The van der Waals surface area contributed by atoms with Crippen molar-refractivity contribution in [1.29, 1.82) is 0 Å². The molecule has 1 aliphatic rings. The fraction of sp³-hybridized carbons (Fsp3) is 0.632. The Hall–Kier alpha value is -1.10. The normalized spacial score (nSPS) is 18.3. The number of hydrogen-bond donors (Lipinski definition) is 2. The molecule has 0 saturated carbocycles. The molecular formula is C19H31ClN2O2. The number of rotatable bonds is 6. The van der Waals surface area contributed by atoms with E-state index in [1.807, 2.05) is 6.07 Å². The lowest BCUT2D eigenvalue weighted by atomic mass is 9.79. The second-order valence-electron chi connectivity index (χ2n) is 7.28. The lowest BCUT2D eigenvalue weighted by Crippen LogP contribution is -2.56. The summed E-state index contributed by atoms with van der Waals surface area (Å²) >= 11 is 0. The number of piperidine rings is 1. The SMILES string of the molecule is COC1(C(=O)NC(C)CC(C)(C)c2ccccc2)CCNCC1.Cl. The van der Waals surface area contributed by atoms with Gasteiger partial charge in [-0.3, -0.25) is 4.79 Å². The number of benzene rings is 1. The summed E-state index contributed by atoms with van der Waals surface area (Å²) in [7, 11) is 1.64. The van der Waals surface area contributed by atoms with Gasteiger partial charge in [0.2, 0.25) is 0 Å². The van der Waals surface area contributed by atoms with Crippen LogP contribution in [0.5, 0.6) is 0 Å². The molecule has 2 N–H and O–H groups in total. The van der Waals surface area contributed by atoms with Gasteiger partial charge >= 0.3 is 0 Å². The quantitative estimate of drug-likeness (QED) is 0.825. The van der Waals surface area contributed by atoms with Gasteiger partial charge in [-0.2, -0.15) is 0 Å². The van der Waals surface area contributed by atoms with E-state index in [0.717, 1.165) is 32.4 Å². The van der Waals surface area contributed by atoms with Gasteiger partial charge in [0.05, 0.1) is 0 Å². The van der Waals surface area contributed by atoms with Crippen LogP contribution in [0.4, 0.5) is 0 Å². The summed E-state index contributed by atoms with van der Waals surface area (Å²) in [6.45, 7) is 8.17. The molecule has 1 fully saturated rings. The minimum atomic E-state index is -0.670. The molecule has 0 aliphatic carbocycles. The van der Waals surface area contributed by atoms with E-state index >= 15 is 0 Å². The zero-order chi connectivity index (χ0) is 16.9. The highest BCUT2D eigenvalue weighted by Gasteiger charge is 2.40. The van der Waals surface area contributed by atoms with E-state index in [1.165, 1.54) is 5.56 Å². The summed E-state index contributed by atoms with van der Waals surface area (Å²) in [6.07, 6.45) is 2.34. The Balaban J connectivity index is 0.00000288. The summed E-state index contributed by atoms with van der Waals surface area (Å²) in [6, 6.07) is 10.6. The molecule has 0 bridgehead atoms. The zero-order valence-corrected chi connectivity index (χ0v) is 16.0. The van der Waals surface area contributed by atoms with Gasteiger partial charge in [-0.15, -0.1) is 12.4 Å². The molecule has 0 radical (unpaired) electrons. The standard InChI is InChI=1S/C19H30N2O2.ClH/c1-15(14-18(2,3)16-8-6-5-7-9-16)21-17(22)19(23-4)10-12-20-13-11-19;/h5-9,15,20H,10-14H2,1-4H3,(H,21,22);1H. The van der Waals surface area contributed by atoms with Crippen molar-refractivity contribution >= 4 is 18.3 Å². The first-order chi connectivity index (χ1) is 10.9. The molecule has 1 aromatic rings. The highest BCUT2D eigenvalue weighted by molar-refractivity contribution is 5.85. The zero-order valence-electron chi connectivity index (χ0n) is 15.2. The fourth-order valence-corrected chi connectivity index (χ4v) is 3.53. The van der Waals surface area contributed by atoms with Crippen LogP contribution >= 0.6 is 12.4 Å². The highest BCUT2D eigenvalue weighted by atomic mass is 35.5. The minimum absolute atomic E-state index is 0. The summed E-state index contributed by atoms with van der Waals surface area (Å²) < 4.78 is 5.60. The lowest BCUT2D eigenvalue weighted by Gasteiger charge is -2.37. The predicted octanol–water partition coefficient (Wildman–Crippen LogP) is 3.05. The Morgan fingerprint density at radius 1 is 1.29 bits per heavy atom. The van der Waals surface area contributed by atoms with Crippen molar-refractivity contribution in [3.8, 4) is 0 Å². The third kappa shape index (κ3) is 4.95. The summed E-state index contributed by atoms with van der Waals surface area (Å²) in [5.74, 6) is 0.0258.